The number of halogens is 1. The van der Waals surface area contributed by atoms with Crippen LogP contribution in [0.3, 0.4) is 0 Å². The highest BCUT2D eigenvalue weighted by molar-refractivity contribution is 5.93. The molecule has 2 atom stereocenters. The number of rotatable bonds is 3. The Kier molecular flexibility index (Phi) is 7.25. The molecule has 2 fully saturated rings. The molecule has 26 heavy (non-hydrogen) atoms. The fourth-order valence-electron chi connectivity index (χ4n) is 3.36. The molecule has 7 nitrogen and oxygen atoms in total. The van der Waals surface area contributed by atoms with Crippen LogP contribution in [0.2, 0.25) is 0 Å². The molecule has 3 N–H and O–H groups in total. The molecule has 0 bridgehead atoms. The van der Waals surface area contributed by atoms with Gasteiger partial charge in [-0.1, -0.05) is 0 Å². The van der Waals surface area contributed by atoms with Gasteiger partial charge >= 0.3 is 0 Å². The van der Waals surface area contributed by atoms with Gasteiger partial charge in [0.05, 0.1) is 12.7 Å². The number of amides is 2. The van der Waals surface area contributed by atoms with Crippen LogP contribution in [0.5, 0.6) is 5.75 Å². The van der Waals surface area contributed by atoms with Gasteiger partial charge in [0.15, 0.2) is 0 Å². The molecule has 1 aromatic carbocycles. The average molecular weight is 384 g/mol. The molecule has 0 aromatic heterocycles. The zero-order valence-electron chi connectivity index (χ0n) is 14.8. The van der Waals surface area contributed by atoms with Gasteiger partial charge in [-0.15, -0.1) is 12.4 Å². The van der Waals surface area contributed by atoms with Gasteiger partial charge in [0.1, 0.15) is 11.8 Å². The number of benzene rings is 1. The third kappa shape index (κ3) is 4.87. The topological polar surface area (TPSA) is 90.9 Å². The van der Waals surface area contributed by atoms with Crippen molar-refractivity contribution in [1.29, 1.82) is 0 Å². The third-order valence-corrected chi connectivity index (χ3v) is 4.89. The second-order valence-corrected chi connectivity index (χ2v) is 6.64. The summed E-state index contributed by atoms with van der Waals surface area (Å²) in [4.78, 5) is 26.8. The normalized spacial score (nSPS) is 23.8. The van der Waals surface area contributed by atoms with Gasteiger partial charge in [-0.25, -0.2) is 0 Å². The molecule has 0 saturated carbocycles. The summed E-state index contributed by atoms with van der Waals surface area (Å²) < 4.78 is 5.54. The first-order valence-electron chi connectivity index (χ1n) is 8.78. The summed E-state index contributed by atoms with van der Waals surface area (Å²) in [6.07, 6.45) is 1.17. The summed E-state index contributed by atoms with van der Waals surface area (Å²) in [6, 6.07) is 6.12. The van der Waals surface area contributed by atoms with Crippen molar-refractivity contribution in [3.05, 3.63) is 24.3 Å². The number of carbonyl (C=O) groups excluding carboxylic acids is 2. The van der Waals surface area contributed by atoms with Crippen molar-refractivity contribution >= 4 is 29.9 Å². The molecule has 0 radical (unpaired) electrons. The number of ether oxygens (including phenoxy) is 1. The Hall–Kier alpha value is -1.83. The second-order valence-electron chi connectivity index (χ2n) is 6.64. The highest BCUT2D eigenvalue weighted by atomic mass is 35.5. The number of nitrogens with one attached hydrogen (secondary N) is 2. The van der Waals surface area contributed by atoms with Gasteiger partial charge < -0.3 is 25.4 Å². The molecule has 0 spiro atoms. The number of nitrogens with zero attached hydrogens (tertiary/aromatic N) is 1. The lowest BCUT2D eigenvalue weighted by molar-refractivity contribution is -0.142. The van der Waals surface area contributed by atoms with Gasteiger partial charge in [0.25, 0.3) is 0 Å². The number of phenolic OH excluding ortho intramolecular Hbond substituents is 1. The summed E-state index contributed by atoms with van der Waals surface area (Å²) in [6.45, 7) is 4.39. The number of likely N-dealkylation sites (tertiary alicyclic amines) is 1. The number of phenols is 1. The minimum atomic E-state index is -0.295. The number of piperidine rings is 1. The first-order valence-corrected chi connectivity index (χ1v) is 8.78. The van der Waals surface area contributed by atoms with E-state index in [0.29, 0.717) is 44.8 Å². The van der Waals surface area contributed by atoms with Crippen LogP contribution in [0.15, 0.2) is 24.3 Å². The molecule has 144 valence electrons. The second kappa shape index (κ2) is 9.21. The van der Waals surface area contributed by atoms with Crippen LogP contribution in [0.1, 0.15) is 19.8 Å². The van der Waals surface area contributed by atoms with Crippen molar-refractivity contribution in [1.82, 2.24) is 10.2 Å². The highest BCUT2D eigenvalue weighted by Crippen LogP contribution is 2.22. The Balaban J connectivity index is 0.00000243. The molecule has 0 unspecified atom stereocenters. The predicted molar refractivity (Wildman–Crippen MR) is 100 cm³/mol. The largest absolute Gasteiger partial charge is 0.508 e. The van der Waals surface area contributed by atoms with Crippen LogP contribution >= 0.6 is 12.4 Å². The predicted octanol–water partition coefficient (Wildman–Crippen LogP) is 1.37. The fourth-order valence-corrected chi connectivity index (χ4v) is 3.36. The quantitative estimate of drug-likeness (QED) is 0.686. The summed E-state index contributed by atoms with van der Waals surface area (Å²) in [5.41, 5.74) is 0.665. The Bertz CT molecular complexity index is 617. The van der Waals surface area contributed by atoms with E-state index in [9.17, 15) is 14.7 Å². The van der Waals surface area contributed by atoms with Crippen LogP contribution < -0.4 is 10.6 Å². The van der Waals surface area contributed by atoms with Crippen molar-refractivity contribution in [3.63, 3.8) is 0 Å². The Morgan fingerprint density at radius 2 is 1.88 bits per heavy atom. The van der Waals surface area contributed by atoms with E-state index < -0.39 is 0 Å². The number of carbonyl (C=O) groups is 2. The summed E-state index contributed by atoms with van der Waals surface area (Å²) in [5.74, 6) is 0.0834. The highest BCUT2D eigenvalue weighted by Gasteiger charge is 2.34. The fraction of sp³-hybridized carbons (Fsp3) is 0.556. The molecule has 3 rings (SSSR count). The van der Waals surface area contributed by atoms with Crippen molar-refractivity contribution in [3.8, 4) is 5.75 Å². The van der Waals surface area contributed by atoms with E-state index in [1.165, 1.54) is 12.1 Å². The van der Waals surface area contributed by atoms with Crippen molar-refractivity contribution in [2.45, 2.75) is 31.9 Å². The lowest BCUT2D eigenvalue weighted by Gasteiger charge is -2.37. The summed E-state index contributed by atoms with van der Waals surface area (Å²) in [7, 11) is 0. The van der Waals surface area contributed by atoms with Crippen LogP contribution in [-0.2, 0) is 14.3 Å². The van der Waals surface area contributed by atoms with Gasteiger partial charge in [-0.3, -0.25) is 9.59 Å². The van der Waals surface area contributed by atoms with Crippen LogP contribution in [-0.4, -0.2) is 60.2 Å². The lowest BCUT2D eigenvalue weighted by atomic mass is 9.95. The smallest absolute Gasteiger partial charge is 0.242 e. The van der Waals surface area contributed by atoms with E-state index in [-0.39, 0.29) is 48.0 Å². The average Bonchev–Trinajstić information content (AvgIpc) is 2.63. The molecule has 0 aliphatic carbocycles. The van der Waals surface area contributed by atoms with Crippen molar-refractivity contribution in [2.24, 2.45) is 5.92 Å². The third-order valence-electron chi connectivity index (χ3n) is 4.89. The Morgan fingerprint density at radius 1 is 1.23 bits per heavy atom. The molecule has 8 heteroatoms. The number of morpholine rings is 1. The maximum absolute atomic E-state index is 12.6. The maximum atomic E-state index is 12.6. The van der Waals surface area contributed by atoms with Gasteiger partial charge in [-0.2, -0.15) is 0 Å². The molecule has 1 aromatic rings. The summed E-state index contributed by atoms with van der Waals surface area (Å²) in [5, 5.41) is 15.4. The standard InChI is InChI=1S/C18H25N3O4.ClH/c1-12-16(19-8-11-25-12)18(24)21-9-6-13(7-10-21)17(23)20-14-2-4-15(22)5-3-14;/h2-5,12-13,16,19,22H,6-11H2,1H3,(H,20,23);1H/t12-,16+;/m1./s1. The van der Waals surface area contributed by atoms with Gasteiger partial charge in [-0.05, 0) is 44.0 Å². The van der Waals surface area contributed by atoms with Gasteiger partial charge in [0, 0.05) is 31.2 Å². The lowest BCUT2D eigenvalue weighted by Crippen LogP contribution is -2.57. The van der Waals surface area contributed by atoms with E-state index in [2.05, 4.69) is 10.6 Å². The SMILES string of the molecule is C[C@H]1OCCN[C@@H]1C(=O)N1CCC(C(=O)Nc2ccc(O)cc2)CC1.Cl. The zero-order chi connectivity index (χ0) is 17.8. The minimum absolute atomic E-state index is 0. The van der Waals surface area contributed by atoms with E-state index >= 15 is 0 Å². The first kappa shape index (κ1) is 20.5. The number of anilines is 1. The molecule has 2 aliphatic heterocycles. The maximum Gasteiger partial charge on any atom is 0.242 e. The number of hydrogen-bond donors (Lipinski definition) is 3. The minimum Gasteiger partial charge on any atom is -0.508 e. The molecular formula is C18H26ClN3O4. The van der Waals surface area contributed by atoms with Crippen molar-refractivity contribution < 1.29 is 19.4 Å². The van der Waals surface area contributed by atoms with Crippen LogP contribution in [0.4, 0.5) is 5.69 Å². The molecule has 2 heterocycles. The molecular weight excluding hydrogens is 358 g/mol. The Morgan fingerprint density at radius 3 is 2.50 bits per heavy atom. The molecule has 2 aliphatic rings. The van der Waals surface area contributed by atoms with E-state index in [1.807, 2.05) is 11.8 Å². The zero-order valence-corrected chi connectivity index (χ0v) is 15.6. The van der Waals surface area contributed by atoms with Gasteiger partial charge in [0.2, 0.25) is 11.8 Å². The van der Waals surface area contributed by atoms with E-state index in [4.69, 9.17) is 4.74 Å². The molecule has 2 saturated heterocycles. The van der Waals surface area contributed by atoms with Crippen LogP contribution in [0.25, 0.3) is 0 Å². The number of hydrogen-bond acceptors (Lipinski definition) is 5. The summed E-state index contributed by atoms with van der Waals surface area (Å²) >= 11 is 0. The molecule has 2 amide bonds. The van der Waals surface area contributed by atoms with E-state index in [0.717, 1.165) is 0 Å². The van der Waals surface area contributed by atoms with E-state index in [1.54, 1.807) is 12.1 Å². The van der Waals surface area contributed by atoms with Crippen LogP contribution in [0, 0.1) is 5.92 Å². The first-order chi connectivity index (χ1) is 12.0. The van der Waals surface area contributed by atoms with Crippen molar-refractivity contribution in [2.75, 3.05) is 31.6 Å². The monoisotopic (exact) mass is 383 g/mol. The number of aromatic hydroxyl groups is 1. The Labute approximate surface area is 159 Å².